The van der Waals surface area contributed by atoms with E-state index in [0.717, 1.165) is 4.90 Å². The van der Waals surface area contributed by atoms with Gasteiger partial charge in [-0.25, -0.2) is 14.0 Å². The molecule has 1 aromatic carbocycles. The summed E-state index contributed by atoms with van der Waals surface area (Å²) in [6.45, 7) is 1.68. The summed E-state index contributed by atoms with van der Waals surface area (Å²) < 4.78 is 54.4. The van der Waals surface area contributed by atoms with Crippen molar-refractivity contribution in [1.29, 1.82) is 0 Å². The van der Waals surface area contributed by atoms with Crippen LogP contribution in [-0.2, 0) is 24.2 Å². The third-order valence-electron chi connectivity index (χ3n) is 4.67. The Hall–Kier alpha value is -2.54. The number of ether oxygens (including phenoxy) is 1. The third-order valence-corrected chi connectivity index (χ3v) is 6.12. The summed E-state index contributed by atoms with van der Waals surface area (Å²) in [7, 11) is -4.95. The molecule has 2 aromatic rings. The first-order valence-electron chi connectivity index (χ1n) is 8.52. The number of rotatable bonds is 5. The number of amides is 2. The second kappa shape index (κ2) is 7.06. The Morgan fingerprint density at radius 3 is 2.66 bits per heavy atom. The number of urea groups is 1. The van der Waals surface area contributed by atoms with Gasteiger partial charge in [0, 0.05) is 10.4 Å². The molecule has 12 heteroatoms. The Labute approximate surface area is 169 Å². The van der Waals surface area contributed by atoms with Crippen molar-refractivity contribution in [2.45, 2.75) is 19.0 Å². The van der Waals surface area contributed by atoms with Gasteiger partial charge < -0.3 is 9.64 Å². The molecule has 154 valence electrons. The van der Waals surface area contributed by atoms with Crippen LogP contribution in [0.25, 0.3) is 11.1 Å². The first-order valence-corrected chi connectivity index (χ1v) is 10.8. The second-order valence-electron chi connectivity index (χ2n) is 6.37. The number of carbonyl (C=O) groups excluding carboxylic acids is 2. The van der Waals surface area contributed by atoms with Gasteiger partial charge in [0.25, 0.3) is 0 Å². The van der Waals surface area contributed by atoms with E-state index < -0.39 is 40.3 Å². The van der Waals surface area contributed by atoms with Crippen LogP contribution in [0.4, 0.5) is 9.18 Å². The van der Waals surface area contributed by atoms with E-state index in [-0.39, 0.29) is 13.2 Å². The molecule has 0 saturated carbocycles. The molecule has 2 aliphatic rings. The summed E-state index contributed by atoms with van der Waals surface area (Å²) in [6.07, 6.45) is 0. The highest BCUT2D eigenvalue weighted by atomic mass is 32.3. The van der Waals surface area contributed by atoms with Crippen LogP contribution in [0.5, 0.6) is 0 Å². The van der Waals surface area contributed by atoms with E-state index in [1.54, 1.807) is 24.4 Å². The van der Waals surface area contributed by atoms with Crippen molar-refractivity contribution in [3.63, 3.8) is 0 Å². The quantitative estimate of drug-likeness (QED) is 0.559. The lowest BCUT2D eigenvalue weighted by Crippen LogP contribution is -2.39. The lowest BCUT2D eigenvalue weighted by Gasteiger charge is -2.30. The molecule has 1 fully saturated rings. The van der Waals surface area contributed by atoms with Gasteiger partial charge >= 0.3 is 22.4 Å². The number of halogens is 1. The Kier molecular flexibility index (Phi) is 4.81. The van der Waals surface area contributed by atoms with E-state index in [2.05, 4.69) is 4.28 Å². The number of hydrogen-bond donors (Lipinski definition) is 1. The molecule has 2 aliphatic heterocycles. The standard InChI is InChI=1S/C17H15FN2O7S2/c1-2-26-16(21)14-13-11(9-3-5-10(18)6-4-9)8-28-15(13)12-7-19(14)17(22)20(12)27-29(23,24)25/h3-6,8,12,14H,2,7H2,1H3,(H,23,24,25)/t12-,14?/m1/s1. The molecule has 9 nitrogen and oxygen atoms in total. The summed E-state index contributed by atoms with van der Waals surface area (Å²) in [6, 6.07) is 2.77. The van der Waals surface area contributed by atoms with Gasteiger partial charge in [-0.05, 0) is 35.6 Å². The number of carbonyl (C=O) groups is 2. The molecule has 2 amide bonds. The fourth-order valence-electron chi connectivity index (χ4n) is 3.59. The minimum absolute atomic E-state index is 0.0196. The number of thiophene rings is 1. The molecule has 2 atom stereocenters. The van der Waals surface area contributed by atoms with E-state index in [9.17, 15) is 22.4 Å². The summed E-state index contributed by atoms with van der Waals surface area (Å²) in [5, 5.41) is 2.28. The second-order valence-corrected chi connectivity index (χ2v) is 8.28. The normalized spacial score (nSPS) is 20.7. The summed E-state index contributed by atoms with van der Waals surface area (Å²) in [4.78, 5) is 27.1. The van der Waals surface area contributed by atoms with Crippen LogP contribution in [0.2, 0.25) is 0 Å². The van der Waals surface area contributed by atoms with Gasteiger partial charge in [0.15, 0.2) is 6.04 Å². The number of hydrogen-bond acceptors (Lipinski definition) is 7. The van der Waals surface area contributed by atoms with E-state index in [4.69, 9.17) is 9.29 Å². The highest BCUT2D eigenvalue weighted by Gasteiger charge is 2.54. The summed E-state index contributed by atoms with van der Waals surface area (Å²) >= 11 is 1.20. The van der Waals surface area contributed by atoms with Gasteiger partial charge in [-0.1, -0.05) is 12.1 Å². The lowest BCUT2D eigenvalue weighted by molar-refractivity contribution is -0.148. The van der Waals surface area contributed by atoms with Crippen molar-refractivity contribution in [2.75, 3.05) is 13.2 Å². The van der Waals surface area contributed by atoms with Crippen LogP contribution in [-0.4, -0.2) is 48.1 Å². The Morgan fingerprint density at radius 1 is 1.34 bits per heavy atom. The monoisotopic (exact) mass is 442 g/mol. The number of benzene rings is 1. The first-order chi connectivity index (χ1) is 13.7. The van der Waals surface area contributed by atoms with Crippen LogP contribution < -0.4 is 0 Å². The van der Waals surface area contributed by atoms with Crippen LogP contribution in [0, 0.1) is 5.82 Å². The van der Waals surface area contributed by atoms with Crippen molar-refractivity contribution in [1.82, 2.24) is 9.96 Å². The SMILES string of the molecule is CCOC(=O)C1c2c(-c3ccc(F)cc3)csc2[C@H]2CN1C(=O)N2OS(=O)(=O)O. The molecule has 2 bridgehead atoms. The number of nitrogens with zero attached hydrogens (tertiary/aromatic N) is 2. The molecular formula is C17H15FN2O7S2. The van der Waals surface area contributed by atoms with E-state index >= 15 is 0 Å². The molecule has 1 unspecified atom stereocenters. The highest BCUT2D eigenvalue weighted by molar-refractivity contribution is 7.80. The largest absolute Gasteiger partial charge is 0.464 e. The van der Waals surface area contributed by atoms with Gasteiger partial charge in [-0.2, -0.15) is 13.5 Å². The van der Waals surface area contributed by atoms with E-state index in [0.29, 0.717) is 26.6 Å². The van der Waals surface area contributed by atoms with Crippen molar-refractivity contribution < 1.29 is 36.0 Å². The van der Waals surface area contributed by atoms with Crippen LogP contribution in [0.3, 0.4) is 0 Å². The highest BCUT2D eigenvalue weighted by Crippen LogP contribution is 2.51. The first kappa shape index (κ1) is 19.8. The van der Waals surface area contributed by atoms with E-state index in [1.807, 2.05) is 0 Å². The van der Waals surface area contributed by atoms with Crippen molar-refractivity contribution in [3.8, 4) is 11.1 Å². The summed E-state index contributed by atoms with van der Waals surface area (Å²) in [5.74, 6) is -1.11. The van der Waals surface area contributed by atoms with Crippen molar-refractivity contribution in [2.24, 2.45) is 0 Å². The minimum Gasteiger partial charge on any atom is -0.464 e. The van der Waals surface area contributed by atoms with Gasteiger partial charge in [-0.3, -0.25) is 4.55 Å². The predicted molar refractivity (Wildman–Crippen MR) is 98.4 cm³/mol. The average molecular weight is 442 g/mol. The van der Waals surface area contributed by atoms with Gasteiger partial charge in [0.1, 0.15) is 11.9 Å². The maximum Gasteiger partial charge on any atom is 0.418 e. The number of fused-ring (bicyclic) bond motifs is 4. The molecule has 29 heavy (non-hydrogen) atoms. The Morgan fingerprint density at radius 2 is 2.03 bits per heavy atom. The molecule has 0 radical (unpaired) electrons. The summed E-state index contributed by atoms with van der Waals surface area (Å²) in [5.41, 5.74) is 1.68. The maximum atomic E-state index is 13.3. The molecule has 1 N–H and O–H groups in total. The Bertz CT molecular complexity index is 1080. The lowest BCUT2D eigenvalue weighted by atomic mass is 9.92. The third kappa shape index (κ3) is 3.37. The number of hydroxylamine groups is 2. The average Bonchev–Trinajstić information content (AvgIpc) is 3.19. The van der Waals surface area contributed by atoms with Crippen molar-refractivity contribution >= 4 is 33.7 Å². The molecule has 0 spiro atoms. The van der Waals surface area contributed by atoms with E-state index in [1.165, 1.54) is 23.5 Å². The molecule has 0 aliphatic carbocycles. The van der Waals surface area contributed by atoms with Crippen LogP contribution in [0.1, 0.15) is 29.4 Å². The topological polar surface area (TPSA) is 113 Å². The van der Waals surface area contributed by atoms with Gasteiger partial charge in [0.2, 0.25) is 0 Å². The maximum absolute atomic E-state index is 13.3. The molecule has 1 aromatic heterocycles. The molecular weight excluding hydrogens is 427 g/mol. The fraction of sp³-hybridized carbons (Fsp3) is 0.294. The zero-order valence-electron chi connectivity index (χ0n) is 14.9. The van der Waals surface area contributed by atoms with Crippen LogP contribution >= 0.6 is 11.3 Å². The molecule has 1 saturated heterocycles. The molecule has 3 heterocycles. The fourth-order valence-corrected chi connectivity index (χ4v) is 5.14. The van der Waals surface area contributed by atoms with Gasteiger partial charge in [-0.15, -0.1) is 15.6 Å². The van der Waals surface area contributed by atoms with Crippen molar-refractivity contribution in [3.05, 3.63) is 45.9 Å². The van der Waals surface area contributed by atoms with Crippen LogP contribution in [0.15, 0.2) is 29.6 Å². The van der Waals surface area contributed by atoms with Gasteiger partial charge in [0.05, 0.1) is 13.2 Å². The predicted octanol–water partition coefficient (Wildman–Crippen LogP) is 2.69. The Balaban J connectivity index is 1.86. The number of esters is 1. The molecule has 4 rings (SSSR count). The zero-order chi connectivity index (χ0) is 20.9. The zero-order valence-corrected chi connectivity index (χ0v) is 16.6. The minimum atomic E-state index is -4.95. The smallest absolute Gasteiger partial charge is 0.418 e.